The first kappa shape index (κ1) is 14.3. The Hall–Kier alpha value is -1.62. The van der Waals surface area contributed by atoms with Gasteiger partial charge in [-0.15, -0.1) is 0 Å². The fourth-order valence-electron chi connectivity index (χ4n) is 2.94. The summed E-state index contributed by atoms with van der Waals surface area (Å²) in [5.74, 6) is 0. The summed E-state index contributed by atoms with van der Waals surface area (Å²) in [6, 6.07) is 6.21. The molecule has 0 amide bonds. The molecular weight excluding hydrogens is 262 g/mol. The number of likely N-dealkylation sites (N-methyl/N-ethyl adjacent to an activating group) is 1. The van der Waals surface area contributed by atoms with Gasteiger partial charge in [0, 0.05) is 41.8 Å². The van der Waals surface area contributed by atoms with E-state index in [1.165, 1.54) is 22.1 Å². The van der Waals surface area contributed by atoms with E-state index in [4.69, 9.17) is 10.8 Å². The van der Waals surface area contributed by atoms with Gasteiger partial charge in [0.15, 0.2) is 0 Å². The SMILES string of the molecule is CN1CC=C(c2c[nH]c3ccc(CC(N)CO)cc23)CC1. The Morgan fingerprint density at radius 2 is 2.29 bits per heavy atom. The molecule has 0 saturated heterocycles. The first-order valence-corrected chi connectivity index (χ1v) is 7.52. The highest BCUT2D eigenvalue weighted by Gasteiger charge is 2.14. The number of rotatable bonds is 4. The van der Waals surface area contributed by atoms with Crippen molar-refractivity contribution in [2.45, 2.75) is 18.9 Å². The topological polar surface area (TPSA) is 65.3 Å². The van der Waals surface area contributed by atoms with Crippen LogP contribution in [-0.2, 0) is 6.42 Å². The number of nitrogens with two attached hydrogens (primary N) is 1. The fourth-order valence-corrected chi connectivity index (χ4v) is 2.94. The Balaban J connectivity index is 1.94. The third-order valence-electron chi connectivity index (χ3n) is 4.24. The Morgan fingerprint density at radius 1 is 1.43 bits per heavy atom. The molecule has 0 fully saturated rings. The maximum Gasteiger partial charge on any atom is 0.0585 e. The van der Waals surface area contributed by atoms with Gasteiger partial charge in [-0.25, -0.2) is 0 Å². The van der Waals surface area contributed by atoms with Crippen molar-refractivity contribution in [3.05, 3.63) is 41.6 Å². The second kappa shape index (κ2) is 6.02. The number of hydrogen-bond donors (Lipinski definition) is 3. The van der Waals surface area contributed by atoms with Crippen LogP contribution in [0.3, 0.4) is 0 Å². The zero-order valence-electron chi connectivity index (χ0n) is 12.5. The maximum atomic E-state index is 9.11. The Morgan fingerprint density at radius 3 is 3.00 bits per heavy atom. The lowest BCUT2D eigenvalue weighted by Gasteiger charge is -2.21. The van der Waals surface area contributed by atoms with Crippen molar-refractivity contribution in [2.75, 3.05) is 26.7 Å². The number of aromatic amines is 1. The van der Waals surface area contributed by atoms with Crippen molar-refractivity contribution in [3.8, 4) is 0 Å². The normalized spacial score (nSPS) is 18.0. The summed E-state index contributed by atoms with van der Waals surface area (Å²) >= 11 is 0. The van der Waals surface area contributed by atoms with Gasteiger partial charge in [0.25, 0.3) is 0 Å². The number of H-pyrrole nitrogens is 1. The van der Waals surface area contributed by atoms with Crippen LogP contribution in [0.4, 0.5) is 0 Å². The number of aromatic nitrogens is 1. The van der Waals surface area contributed by atoms with Crippen molar-refractivity contribution in [2.24, 2.45) is 5.73 Å². The minimum absolute atomic E-state index is 0.0233. The molecule has 1 aromatic carbocycles. The summed E-state index contributed by atoms with van der Waals surface area (Å²) in [5.41, 5.74) is 10.9. The van der Waals surface area contributed by atoms with Gasteiger partial charge in [0.2, 0.25) is 0 Å². The molecule has 1 aliphatic heterocycles. The van der Waals surface area contributed by atoms with Gasteiger partial charge in [-0.3, -0.25) is 0 Å². The van der Waals surface area contributed by atoms with E-state index in [9.17, 15) is 0 Å². The number of nitrogens with one attached hydrogen (secondary N) is 1. The van der Waals surface area contributed by atoms with E-state index in [2.05, 4.69) is 47.4 Å². The largest absolute Gasteiger partial charge is 0.395 e. The highest BCUT2D eigenvalue weighted by atomic mass is 16.3. The number of fused-ring (bicyclic) bond motifs is 1. The molecule has 21 heavy (non-hydrogen) atoms. The molecule has 0 spiro atoms. The first-order valence-electron chi connectivity index (χ1n) is 7.52. The molecule has 4 heteroatoms. The average Bonchev–Trinajstić information content (AvgIpc) is 2.91. The molecule has 1 aromatic heterocycles. The molecule has 2 heterocycles. The zero-order chi connectivity index (χ0) is 14.8. The van der Waals surface area contributed by atoms with Crippen LogP contribution in [0.15, 0.2) is 30.5 Å². The predicted molar refractivity (Wildman–Crippen MR) is 87.2 cm³/mol. The van der Waals surface area contributed by atoms with Gasteiger partial charge < -0.3 is 20.7 Å². The molecule has 4 nitrogen and oxygen atoms in total. The van der Waals surface area contributed by atoms with Gasteiger partial charge >= 0.3 is 0 Å². The Labute approximate surface area is 125 Å². The lowest BCUT2D eigenvalue weighted by atomic mass is 9.97. The van der Waals surface area contributed by atoms with E-state index in [0.29, 0.717) is 6.42 Å². The van der Waals surface area contributed by atoms with Crippen LogP contribution in [0, 0.1) is 0 Å². The highest BCUT2D eigenvalue weighted by molar-refractivity contribution is 5.93. The predicted octanol–water partition coefficient (Wildman–Crippen LogP) is 1.75. The number of aliphatic hydroxyl groups is 1. The fraction of sp³-hybridized carbons (Fsp3) is 0.412. The monoisotopic (exact) mass is 285 g/mol. The molecule has 3 rings (SSSR count). The van der Waals surface area contributed by atoms with E-state index in [0.717, 1.165) is 25.0 Å². The van der Waals surface area contributed by atoms with E-state index in [-0.39, 0.29) is 12.6 Å². The summed E-state index contributed by atoms with van der Waals surface area (Å²) in [6.45, 7) is 2.14. The van der Waals surface area contributed by atoms with Crippen LogP contribution in [0.1, 0.15) is 17.5 Å². The maximum absolute atomic E-state index is 9.11. The lowest BCUT2D eigenvalue weighted by Crippen LogP contribution is -2.26. The van der Waals surface area contributed by atoms with Gasteiger partial charge in [-0.05, 0) is 43.2 Å². The zero-order valence-corrected chi connectivity index (χ0v) is 12.5. The molecule has 112 valence electrons. The summed E-state index contributed by atoms with van der Waals surface area (Å²) in [5, 5.41) is 10.4. The van der Waals surface area contributed by atoms with E-state index >= 15 is 0 Å². The first-order chi connectivity index (χ1) is 10.2. The van der Waals surface area contributed by atoms with E-state index < -0.39 is 0 Å². The summed E-state index contributed by atoms with van der Waals surface area (Å²) in [6.07, 6.45) is 6.22. The summed E-state index contributed by atoms with van der Waals surface area (Å²) < 4.78 is 0. The van der Waals surface area contributed by atoms with Gasteiger partial charge in [-0.1, -0.05) is 12.1 Å². The number of hydrogen-bond acceptors (Lipinski definition) is 3. The van der Waals surface area contributed by atoms with Crippen LogP contribution in [0.2, 0.25) is 0 Å². The molecule has 4 N–H and O–H groups in total. The number of nitrogens with zero attached hydrogens (tertiary/aromatic N) is 1. The van der Waals surface area contributed by atoms with E-state index in [1.807, 2.05) is 0 Å². The van der Waals surface area contributed by atoms with Gasteiger partial charge in [0.1, 0.15) is 0 Å². The number of benzene rings is 1. The Bertz CT molecular complexity index is 659. The van der Waals surface area contributed by atoms with Crippen LogP contribution in [0.5, 0.6) is 0 Å². The minimum Gasteiger partial charge on any atom is -0.395 e. The quantitative estimate of drug-likeness (QED) is 0.802. The molecule has 0 radical (unpaired) electrons. The van der Waals surface area contributed by atoms with E-state index in [1.54, 1.807) is 0 Å². The lowest BCUT2D eigenvalue weighted by molar-refractivity contribution is 0.265. The summed E-state index contributed by atoms with van der Waals surface area (Å²) in [7, 11) is 2.15. The second-order valence-electron chi connectivity index (χ2n) is 5.97. The van der Waals surface area contributed by atoms with Crippen LogP contribution in [-0.4, -0.2) is 47.8 Å². The third-order valence-corrected chi connectivity index (χ3v) is 4.24. The van der Waals surface area contributed by atoms with Crippen molar-refractivity contribution in [1.29, 1.82) is 0 Å². The highest BCUT2D eigenvalue weighted by Crippen LogP contribution is 2.29. The third kappa shape index (κ3) is 3.02. The molecule has 0 bridgehead atoms. The molecule has 2 aromatic rings. The smallest absolute Gasteiger partial charge is 0.0585 e. The van der Waals surface area contributed by atoms with Crippen molar-refractivity contribution in [1.82, 2.24) is 9.88 Å². The standard InChI is InChI=1S/C17H23N3O/c1-20-6-4-13(5-7-20)16-10-19-17-3-2-12(9-15(16)17)8-14(18)11-21/h2-4,9-10,14,19,21H,5-8,11,18H2,1H3. The molecule has 1 unspecified atom stereocenters. The second-order valence-corrected chi connectivity index (χ2v) is 5.97. The molecular formula is C17H23N3O. The Kier molecular flexibility index (Phi) is 4.10. The van der Waals surface area contributed by atoms with Crippen LogP contribution in [0.25, 0.3) is 16.5 Å². The van der Waals surface area contributed by atoms with Crippen LogP contribution < -0.4 is 5.73 Å². The van der Waals surface area contributed by atoms with Crippen molar-refractivity contribution < 1.29 is 5.11 Å². The van der Waals surface area contributed by atoms with Crippen molar-refractivity contribution in [3.63, 3.8) is 0 Å². The van der Waals surface area contributed by atoms with Gasteiger partial charge in [0.05, 0.1) is 6.61 Å². The molecule has 1 aliphatic rings. The summed E-state index contributed by atoms with van der Waals surface area (Å²) in [4.78, 5) is 5.68. The molecule has 0 aliphatic carbocycles. The van der Waals surface area contributed by atoms with Crippen molar-refractivity contribution >= 4 is 16.5 Å². The minimum atomic E-state index is -0.188. The molecule has 0 saturated carbocycles. The van der Waals surface area contributed by atoms with Gasteiger partial charge in [-0.2, -0.15) is 0 Å². The number of aliphatic hydroxyl groups excluding tert-OH is 1. The molecule has 1 atom stereocenters. The van der Waals surface area contributed by atoms with Crippen LogP contribution >= 0.6 is 0 Å². The average molecular weight is 285 g/mol.